The van der Waals surface area contributed by atoms with Gasteiger partial charge >= 0.3 is 0 Å². The van der Waals surface area contributed by atoms with Crippen LogP contribution in [0, 0.1) is 6.92 Å². The number of carbonyl (C=O) groups is 1. The van der Waals surface area contributed by atoms with Crippen LogP contribution in [0.15, 0.2) is 23.2 Å². The molecule has 7 nitrogen and oxygen atoms in total. The molecule has 0 aliphatic rings. The smallest absolute Gasteiger partial charge is 0.226 e. The Hall–Kier alpha value is -1.80. The lowest BCUT2D eigenvalue weighted by atomic mass is 10.2. The van der Waals surface area contributed by atoms with Gasteiger partial charge < -0.3 is 16.0 Å². The lowest BCUT2D eigenvalue weighted by Gasteiger charge is -2.17. The molecule has 1 aromatic rings. The van der Waals surface area contributed by atoms with Crippen molar-refractivity contribution in [3.05, 3.63) is 28.8 Å². The number of guanidine groups is 1. The van der Waals surface area contributed by atoms with Crippen LogP contribution in [0.2, 0.25) is 5.02 Å². The van der Waals surface area contributed by atoms with Crippen LogP contribution in [-0.2, 0) is 14.6 Å². The van der Waals surface area contributed by atoms with Crippen molar-refractivity contribution in [2.24, 2.45) is 4.99 Å². The molecule has 1 aromatic carbocycles. The van der Waals surface area contributed by atoms with Gasteiger partial charge in [-0.05, 0) is 38.0 Å². The van der Waals surface area contributed by atoms with E-state index in [1.807, 2.05) is 19.9 Å². The van der Waals surface area contributed by atoms with Crippen LogP contribution in [0.25, 0.3) is 0 Å². The minimum absolute atomic E-state index is 0.0592. The summed E-state index contributed by atoms with van der Waals surface area (Å²) < 4.78 is 22.4. The summed E-state index contributed by atoms with van der Waals surface area (Å²) in [5.74, 6) is 0.466. The number of hydrogen-bond acceptors (Lipinski definition) is 4. The van der Waals surface area contributed by atoms with Crippen LogP contribution in [-0.4, -0.2) is 51.9 Å². The fraction of sp³-hybridized carbons (Fsp3) is 0.529. The van der Waals surface area contributed by atoms with Gasteiger partial charge in [-0.25, -0.2) is 8.42 Å². The number of carbonyl (C=O) groups excluding carboxylic acids is 1. The van der Waals surface area contributed by atoms with Gasteiger partial charge in [0.2, 0.25) is 5.91 Å². The molecule has 1 atom stereocenters. The standard InChI is InChI=1S/C17H27ClN4O3S/c1-12-5-6-15(14(18)11-12)22-16(23)7-9-20-17(19-3)21-13(2)8-10-26(4,24)25/h5-6,11,13H,7-10H2,1-4H3,(H,22,23)(H2,19,20,21). The summed E-state index contributed by atoms with van der Waals surface area (Å²) in [5, 5.41) is 9.41. The molecule has 0 aromatic heterocycles. The zero-order chi connectivity index (χ0) is 19.7. The normalized spacial score (nSPS) is 13.2. The van der Waals surface area contributed by atoms with Crippen molar-refractivity contribution in [2.75, 3.05) is 30.9 Å². The molecule has 146 valence electrons. The maximum absolute atomic E-state index is 12.0. The van der Waals surface area contributed by atoms with Crippen LogP contribution in [0.3, 0.4) is 0 Å². The molecule has 0 bridgehead atoms. The number of nitrogens with one attached hydrogen (secondary N) is 3. The Labute approximate surface area is 160 Å². The predicted octanol–water partition coefficient (Wildman–Crippen LogP) is 1.97. The van der Waals surface area contributed by atoms with Crippen molar-refractivity contribution < 1.29 is 13.2 Å². The molecule has 1 unspecified atom stereocenters. The molecule has 0 fully saturated rings. The van der Waals surface area contributed by atoms with Crippen molar-refractivity contribution >= 4 is 39.0 Å². The van der Waals surface area contributed by atoms with Crippen molar-refractivity contribution in [2.45, 2.75) is 32.7 Å². The second kappa shape index (κ2) is 10.4. The topological polar surface area (TPSA) is 99.7 Å². The van der Waals surface area contributed by atoms with Gasteiger partial charge in [-0.15, -0.1) is 0 Å². The number of aryl methyl sites for hydroxylation is 1. The molecule has 0 heterocycles. The second-order valence-electron chi connectivity index (χ2n) is 6.24. The summed E-state index contributed by atoms with van der Waals surface area (Å²) >= 11 is 6.10. The summed E-state index contributed by atoms with van der Waals surface area (Å²) in [4.78, 5) is 16.1. The van der Waals surface area contributed by atoms with Gasteiger partial charge in [0.25, 0.3) is 0 Å². The highest BCUT2D eigenvalue weighted by atomic mass is 35.5. The predicted molar refractivity (Wildman–Crippen MR) is 108 cm³/mol. The Bertz CT molecular complexity index is 750. The third kappa shape index (κ3) is 9.05. The van der Waals surface area contributed by atoms with E-state index >= 15 is 0 Å². The van der Waals surface area contributed by atoms with Crippen molar-refractivity contribution in [3.63, 3.8) is 0 Å². The molecule has 0 spiro atoms. The molecule has 0 saturated carbocycles. The maximum atomic E-state index is 12.0. The number of halogens is 1. The molecule has 9 heteroatoms. The van der Waals surface area contributed by atoms with Gasteiger partial charge in [0.05, 0.1) is 16.5 Å². The van der Waals surface area contributed by atoms with Gasteiger partial charge in [0, 0.05) is 32.3 Å². The first-order chi connectivity index (χ1) is 12.1. The summed E-state index contributed by atoms with van der Waals surface area (Å²) in [6, 6.07) is 5.38. The molecule has 1 amide bonds. The Morgan fingerprint density at radius 2 is 2.04 bits per heavy atom. The van der Waals surface area contributed by atoms with Crippen LogP contribution >= 0.6 is 11.6 Å². The van der Waals surface area contributed by atoms with E-state index in [2.05, 4.69) is 20.9 Å². The first-order valence-corrected chi connectivity index (χ1v) is 10.8. The highest BCUT2D eigenvalue weighted by Crippen LogP contribution is 2.22. The van der Waals surface area contributed by atoms with Crippen molar-refractivity contribution in [1.29, 1.82) is 0 Å². The largest absolute Gasteiger partial charge is 0.356 e. The van der Waals surface area contributed by atoms with E-state index in [0.717, 1.165) is 5.56 Å². The third-order valence-corrected chi connectivity index (χ3v) is 4.86. The van der Waals surface area contributed by atoms with Crippen molar-refractivity contribution in [1.82, 2.24) is 10.6 Å². The molecular formula is C17H27ClN4O3S. The third-order valence-electron chi connectivity index (χ3n) is 3.57. The first-order valence-electron chi connectivity index (χ1n) is 8.31. The summed E-state index contributed by atoms with van der Waals surface area (Å²) in [7, 11) is -1.37. The number of amides is 1. The zero-order valence-corrected chi connectivity index (χ0v) is 17.2. The first kappa shape index (κ1) is 22.2. The SMILES string of the molecule is CN=C(NCCC(=O)Nc1ccc(C)cc1Cl)NC(C)CCS(C)(=O)=O. The van der Waals surface area contributed by atoms with Crippen LogP contribution in [0.5, 0.6) is 0 Å². The number of hydrogen-bond donors (Lipinski definition) is 3. The minimum atomic E-state index is -2.99. The van der Waals surface area contributed by atoms with E-state index in [1.54, 1.807) is 19.2 Å². The lowest BCUT2D eigenvalue weighted by Crippen LogP contribution is -2.43. The van der Waals surface area contributed by atoms with Crippen LogP contribution in [0.4, 0.5) is 5.69 Å². The fourth-order valence-electron chi connectivity index (χ4n) is 2.12. The summed E-state index contributed by atoms with van der Waals surface area (Å²) in [6.45, 7) is 4.19. The Morgan fingerprint density at radius 3 is 2.62 bits per heavy atom. The molecule has 0 aliphatic heterocycles. The van der Waals surface area contributed by atoms with Gasteiger partial charge in [-0.3, -0.25) is 9.79 Å². The fourth-order valence-corrected chi connectivity index (χ4v) is 3.18. The average molecular weight is 403 g/mol. The average Bonchev–Trinajstić information content (AvgIpc) is 2.54. The van der Waals surface area contributed by atoms with E-state index in [9.17, 15) is 13.2 Å². The van der Waals surface area contributed by atoms with Crippen molar-refractivity contribution in [3.8, 4) is 0 Å². The lowest BCUT2D eigenvalue weighted by molar-refractivity contribution is -0.116. The van der Waals surface area contributed by atoms with Gasteiger partial charge in [0.1, 0.15) is 9.84 Å². The van der Waals surface area contributed by atoms with Crippen LogP contribution in [0.1, 0.15) is 25.3 Å². The van der Waals surface area contributed by atoms with E-state index in [0.29, 0.717) is 29.6 Å². The quantitative estimate of drug-likeness (QED) is 0.456. The Balaban J connectivity index is 2.38. The molecule has 0 radical (unpaired) electrons. The molecular weight excluding hydrogens is 376 g/mol. The molecule has 26 heavy (non-hydrogen) atoms. The number of rotatable bonds is 8. The minimum Gasteiger partial charge on any atom is -0.356 e. The number of aliphatic imine (C=N–C) groups is 1. The number of nitrogens with zero attached hydrogens (tertiary/aromatic N) is 1. The number of sulfone groups is 1. The summed E-state index contributed by atoms with van der Waals surface area (Å²) in [6.07, 6.45) is 1.93. The number of benzene rings is 1. The van der Waals surface area contributed by atoms with E-state index in [4.69, 9.17) is 11.6 Å². The van der Waals surface area contributed by atoms with Gasteiger partial charge in [-0.1, -0.05) is 17.7 Å². The Kier molecular flexibility index (Phi) is 8.87. The highest BCUT2D eigenvalue weighted by molar-refractivity contribution is 7.90. The van der Waals surface area contributed by atoms with Crippen LogP contribution < -0.4 is 16.0 Å². The molecule has 1 rings (SSSR count). The van der Waals surface area contributed by atoms with E-state index < -0.39 is 9.84 Å². The number of anilines is 1. The van der Waals surface area contributed by atoms with E-state index in [1.165, 1.54) is 6.26 Å². The van der Waals surface area contributed by atoms with Gasteiger partial charge in [0.15, 0.2) is 5.96 Å². The monoisotopic (exact) mass is 402 g/mol. The maximum Gasteiger partial charge on any atom is 0.226 e. The highest BCUT2D eigenvalue weighted by Gasteiger charge is 2.10. The molecule has 0 saturated heterocycles. The summed E-state index contributed by atoms with van der Waals surface area (Å²) in [5.41, 5.74) is 1.61. The van der Waals surface area contributed by atoms with E-state index in [-0.39, 0.29) is 24.1 Å². The Morgan fingerprint density at radius 1 is 1.35 bits per heavy atom. The zero-order valence-electron chi connectivity index (χ0n) is 15.6. The molecule has 0 aliphatic carbocycles. The molecule has 3 N–H and O–H groups in total. The second-order valence-corrected chi connectivity index (χ2v) is 8.91. The van der Waals surface area contributed by atoms with Gasteiger partial charge in [-0.2, -0.15) is 0 Å².